The Morgan fingerprint density at radius 3 is 2.46 bits per heavy atom. The molecule has 0 unspecified atom stereocenters. The minimum atomic E-state index is -0.267. The van der Waals surface area contributed by atoms with Gasteiger partial charge in [0.2, 0.25) is 0 Å². The second-order valence-corrected chi connectivity index (χ2v) is 6.95. The quantitative estimate of drug-likeness (QED) is 0.577. The summed E-state index contributed by atoms with van der Waals surface area (Å²) in [6.45, 7) is 9.29. The second kappa shape index (κ2) is 6.33. The molecule has 0 aliphatic rings. The van der Waals surface area contributed by atoms with Gasteiger partial charge in [-0.3, -0.25) is 9.48 Å². The van der Waals surface area contributed by atoms with Gasteiger partial charge in [0.15, 0.2) is 0 Å². The molecule has 0 saturated heterocycles. The van der Waals surface area contributed by atoms with E-state index in [1.54, 1.807) is 17.7 Å². The predicted molar refractivity (Wildman–Crippen MR) is 104 cm³/mol. The van der Waals surface area contributed by atoms with E-state index < -0.39 is 0 Å². The first-order valence-corrected chi connectivity index (χ1v) is 8.92. The van der Waals surface area contributed by atoms with Gasteiger partial charge in [0.05, 0.1) is 39.4 Å². The third kappa shape index (κ3) is 2.77. The van der Waals surface area contributed by atoms with E-state index in [1.807, 2.05) is 40.8 Å². The maximum atomic E-state index is 13.2. The Hall–Kier alpha value is -3.42. The first kappa shape index (κ1) is 18.0. The van der Waals surface area contributed by atoms with Crippen LogP contribution >= 0.6 is 0 Å². The lowest BCUT2D eigenvalue weighted by molar-refractivity contribution is 0.102. The molecule has 0 bridgehead atoms. The highest BCUT2D eigenvalue weighted by atomic mass is 16.5. The largest absolute Gasteiger partial charge is 0.466 e. The van der Waals surface area contributed by atoms with Gasteiger partial charge >= 0.3 is 0 Å². The number of hydrogen-bond acceptors (Lipinski definition) is 6. The molecule has 28 heavy (non-hydrogen) atoms. The highest BCUT2D eigenvalue weighted by molar-refractivity contribution is 6.13. The van der Waals surface area contributed by atoms with Crippen molar-refractivity contribution < 1.29 is 13.7 Å². The molecule has 1 amide bonds. The van der Waals surface area contributed by atoms with Crippen LogP contribution in [0.5, 0.6) is 0 Å². The Morgan fingerprint density at radius 1 is 1.11 bits per heavy atom. The zero-order valence-electron chi connectivity index (χ0n) is 16.7. The van der Waals surface area contributed by atoms with Gasteiger partial charge < -0.3 is 14.3 Å². The number of furan rings is 1. The van der Waals surface area contributed by atoms with Crippen molar-refractivity contribution in [2.75, 3.05) is 5.32 Å². The number of aryl methyl sites for hydroxylation is 5. The van der Waals surface area contributed by atoms with Crippen molar-refractivity contribution in [3.8, 4) is 11.3 Å². The number of nitrogens with one attached hydrogen (secondary N) is 1. The molecule has 0 aliphatic heterocycles. The molecule has 8 nitrogen and oxygen atoms in total. The van der Waals surface area contributed by atoms with Gasteiger partial charge in [-0.15, -0.1) is 0 Å². The number of fused-ring (bicyclic) bond motifs is 1. The fourth-order valence-corrected chi connectivity index (χ4v) is 3.43. The molecular weight excluding hydrogens is 358 g/mol. The Labute approximate surface area is 161 Å². The molecule has 144 valence electrons. The summed E-state index contributed by atoms with van der Waals surface area (Å²) in [5.74, 6) is 1.23. The molecule has 0 fully saturated rings. The van der Waals surface area contributed by atoms with Gasteiger partial charge in [-0.05, 0) is 46.8 Å². The van der Waals surface area contributed by atoms with Crippen LogP contribution in [0.1, 0.15) is 39.0 Å². The SMILES string of the molecule is Cc1cc(-c2cc(C(=O)Nc3c(C)nn(C)c3C)c3c(C)noc3n2)c(C)o1. The summed E-state index contributed by atoms with van der Waals surface area (Å²) in [6.07, 6.45) is 0. The number of anilines is 1. The monoisotopic (exact) mass is 379 g/mol. The smallest absolute Gasteiger partial charge is 0.259 e. The summed E-state index contributed by atoms with van der Waals surface area (Å²) < 4.78 is 12.7. The molecule has 4 rings (SSSR count). The number of hydrogen-bond donors (Lipinski definition) is 1. The molecule has 0 radical (unpaired) electrons. The number of rotatable bonds is 3. The molecule has 4 aromatic heterocycles. The summed E-state index contributed by atoms with van der Waals surface area (Å²) in [5, 5.41) is 11.9. The molecule has 1 N–H and O–H groups in total. The summed E-state index contributed by atoms with van der Waals surface area (Å²) >= 11 is 0. The minimum Gasteiger partial charge on any atom is -0.466 e. The number of amides is 1. The minimum absolute atomic E-state index is 0.267. The highest BCUT2D eigenvalue weighted by Gasteiger charge is 2.22. The molecule has 0 aliphatic carbocycles. The number of nitrogens with zero attached hydrogens (tertiary/aromatic N) is 4. The van der Waals surface area contributed by atoms with Gasteiger partial charge in [0, 0.05) is 12.6 Å². The van der Waals surface area contributed by atoms with E-state index in [9.17, 15) is 4.79 Å². The third-order valence-electron chi connectivity index (χ3n) is 4.93. The summed E-state index contributed by atoms with van der Waals surface area (Å²) in [4.78, 5) is 17.7. The van der Waals surface area contributed by atoms with Gasteiger partial charge in [-0.25, -0.2) is 4.98 Å². The number of aromatic nitrogens is 4. The molecule has 4 heterocycles. The van der Waals surface area contributed by atoms with E-state index in [2.05, 4.69) is 20.6 Å². The number of carbonyl (C=O) groups excluding carboxylic acids is 1. The van der Waals surface area contributed by atoms with E-state index in [1.165, 1.54) is 0 Å². The van der Waals surface area contributed by atoms with E-state index in [0.717, 1.165) is 28.5 Å². The first-order chi connectivity index (χ1) is 13.3. The standard InChI is InChI=1S/C20H21N5O3/c1-9-7-14(13(5)27-9)16-8-15(17-10(2)24-28-20(17)21-16)19(26)22-18-11(3)23-25(6)12(18)4/h7-8H,1-6H3,(H,22,26). The van der Waals surface area contributed by atoms with Crippen LogP contribution in [0.3, 0.4) is 0 Å². The van der Waals surface area contributed by atoms with Crippen LogP contribution in [0, 0.1) is 34.6 Å². The Kier molecular flexibility index (Phi) is 4.06. The summed E-state index contributed by atoms with van der Waals surface area (Å²) in [7, 11) is 1.84. The molecule has 4 aromatic rings. The van der Waals surface area contributed by atoms with E-state index in [-0.39, 0.29) is 5.91 Å². The van der Waals surface area contributed by atoms with Crippen LogP contribution in [0.4, 0.5) is 5.69 Å². The van der Waals surface area contributed by atoms with Gasteiger partial charge in [-0.1, -0.05) is 5.16 Å². The molecule has 0 spiro atoms. The molecule has 8 heteroatoms. The highest BCUT2D eigenvalue weighted by Crippen LogP contribution is 2.31. The van der Waals surface area contributed by atoms with Crippen LogP contribution in [0.2, 0.25) is 0 Å². The van der Waals surface area contributed by atoms with Crippen molar-refractivity contribution >= 4 is 22.7 Å². The van der Waals surface area contributed by atoms with Gasteiger partial charge in [0.25, 0.3) is 11.6 Å². The van der Waals surface area contributed by atoms with Crippen LogP contribution < -0.4 is 5.32 Å². The van der Waals surface area contributed by atoms with Crippen LogP contribution in [-0.4, -0.2) is 25.8 Å². The van der Waals surface area contributed by atoms with Crippen molar-refractivity contribution in [1.82, 2.24) is 19.9 Å². The van der Waals surface area contributed by atoms with E-state index in [4.69, 9.17) is 8.94 Å². The van der Waals surface area contributed by atoms with Crippen molar-refractivity contribution in [3.63, 3.8) is 0 Å². The predicted octanol–water partition coefficient (Wildman–Crippen LogP) is 4.01. The van der Waals surface area contributed by atoms with Crippen LogP contribution in [0.25, 0.3) is 22.4 Å². The summed E-state index contributed by atoms with van der Waals surface area (Å²) in [5.41, 5.74) is 5.11. The van der Waals surface area contributed by atoms with Crippen LogP contribution in [0.15, 0.2) is 21.1 Å². The average Bonchev–Trinajstić information content (AvgIpc) is 3.26. The van der Waals surface area contributed by atoms with Crippen molar-refractivity contribution in [2.24, 2.45) is 7.05 Å². The third-order valence-corrected chi connectivity index (χ3v) is 4.93. The van der Waals surface area contributed by atoms with Crippen molar-refractivity contribution in [3.05, 3.63) is 46.3 Å². The fourth-order valence-electron chi connectivity index (χ4n) is 3.43. The molecule has 0 atom stereocenters. The maximum absolute atomic E-state index is 13.2. The van der Waals surface area contributed by atoms with E-state index >= 15 is 0 Å². The summed E-state index contributed by atoms with van der Waals surface area (Å²) in [6, 6.07) is 3.64. The average molecular weight is 379 g/mol. The first-order valence-electron chi connectivity index (χ1n) is 8.92. The van der Waals surface area contributed by atoms with Crippen molar-refractivity contribution in [1.29, 1.82) is 0 Å². The number of pyridine rings is 1. The molecule has 0 saturated carbocycles. The topological polar surface area (TPSA) is 99.0 Å². The van der Waals surface area contributed by atoms with Crippen LogP contribution in [-0.2, 0) is 7.05 Å². The Balaban J connectivity index is 1.86. The van der Waals surface area contributed by atoms with Gasteiger partial charge in [-0.2, -0.15) is 5.10 Å². The fraction of sp³-hybridized carbons (Fsp3) is 0.300. The lowest BCUT2D eigenvalue weighted by Crippen LogP contribution is -2.14. The lowest BCUT2D eigenvalue weighted by Gasteiger charge is -2.08. The van der Waals surface area contributed by atoms with Crippen molar-refractivity contribution in [2.45, 2.75) is 34.6 Å². The van der Waals surface area contributed by atoms with Gasteiger partial charge in [0.1, 0.15) is 11.5 Å². The van der Waals surface area contributed by atoms with E-state index in [0.29, 0.717) is 33.7 Å². The Bertz CT molecular complexity index is 1230. The zero-order chi connectivity index (χ0) is 20.2. The normalized spacial score (nSPS) is 11.4. The molecule has 0 aromatic carbocycles. The number of carbonyl (C=O) groups is 1. The maximum Gasteiger partial charge on any atom is 0.259 e. The Morgan fingerprint density at radius 2 is 1.86 bits per heavy atom. The lowest BCUT2D eigenvalue weighted by atomic mass is 10.1. The molecular formula is C20H21N5O3. The zero-order valence-corrected chi connectivity index (χ0v) is 16.7. The second-order valence-electron chi connectivity index (χ2n) is 6.95.